The molecule has 0 radical (unpaired) electrons. The van der Waals surface area contributed by atoms with Crippen molar-refractivity contribution in [2.75, 3.05) is 5.43 Å². The third-order valence-electron chi connectivity index (χ3n) is 2.17. The molecule has 1 aromatic heterocycles. The average Bonchev–Trinajstić information content (AvgIpc) is 2.38. The van der Waals surface area contributed by atoms with Gasteiger partial charge in [-0.2, -0.15) is 0 Å². The molecule has 0 saturated heterocycles. The summed E-state index contributed by atoms with van der Waals surface area (Å²) in [4.78, 5) is 19.5. The number of aromatic nitrogens is 2. The Hall–Kier alpha value is -2.43. The number of benzene rings is 1. The normalized spacial score (nSPS) is 9.71. The molecule has 1 heterocycles. The number of hydrogen-bond donors (Lipinski definition) is 2. The van der Waals surface area contributed by atoms with Crippen LogP contribution in [0, 0.1) is 6.92 Å². The number of anilines is 1. The molecule has 1 amide bonds. The van der Waals surface area contributed by atoms with E-state index in [-0.39, 0.29) is 5.91 Å². The number of hydrazine groups is 1. The lowest BCUT2D eigenvalue weighted by atomic mass is 10.1. The summed E-state index contributed by atoms with van der Waals surface area (Å²) in [7, 11) is 0. The first-order chi connectivity index (χ1) is 8.25. The van der Waals surface area contributed by atoms with Gasteiger partial charge >= 0.3 is 0 Å². The van der Waals surface area contributed by atoms with Gasteiger partial charge in [-0.25, -0.2) is 9.97 Å². The summed E-state index contributed by atoms with van der Waals surface area (Å²) in [5.41, 5.74) is 6.85. The minimum Gasteiger partial charge on any atom is -0.267 e. The van der Waals surface area contributed by atoms with Gasteiger partial charge in [0.05, 0.1) is 0 Å². The number of amides is 1. The van der Waals surface area contributed by atoms with Gasteiger partial charge in [0.1, 0.15) is 0 Å². The second-order valence-corrected chi connectivity index (χ2v) is 3.52. The molecule has 17 heavy (non-hydrogen) atoms. The second-order valence-electron chi connectivity index (χ2n) is 3.52. The molecular weight excluding hydrogens is 216 g/mol. The number of carbonyl (C=O) groups excluding carboxylic acids is 1. The van der Waals surface area contributed by atoms with Crippen LogP contribution in [0.1, 0.15) is 15.9 Å². The van der Waals surface area contributed by atoms with Crippen molar-refractivity contribution in [3.05, 3.63) is 53.9 Å². The monoisotopic (exact) mass is 228 g/mol. The highest BCUT2D eigenvalue weighted by molar-refractivity contribution is 5.94. The molecule has 0 aliphatic rings. The van der Waals surface area contributed by atoms with Crippen molar-refractivity contribution in [3.63, 3.8) is 0 Å². The lowest BCUT2D eigenvalue weighted by Crippen LogP contribution is -2.30. The van der Waals surface area contributed by atoms with Gasteiger partial charge in [0.15, 0.2) is 0 Å². The molecule has 0 fully saturated rings. The van der Waals surface area contributed by atoms with Gasteiger partial charge in [-0.1, -0.05) is 17.7 Å². The summed E-state index contributed by atoms with van der Waals surface area (Å²) >= 11 is 0. The molecule has 0 unspecified atom stereocenters. The molecule has 1 aromatic carbocycles. The van der Waals surface area contributed by atoms with Gasteiger partial charge in [-0.15, -0.1) is 0 Å². The molecule has 0 bridgehead atoms. The lowest BCUT2D eigenvalue weighted by Gasteiger charge is -2.06. The van der Waals surface area contributed by atoms with Crippen LogP contribution in [0.25, 0.3) is 0 Å². The van der Waals surface area contributed by atoms with E-state index >= 15 is 0 Å². The van der Waals surface area contributed by atoms with E-state index in [4.69, 9.17) is 0 Å². The number of aryl methyl sites for hydroxylation is 1. The Labute approximate surface area is 98.9 Å². The Morgan fingerprint density at radius 3 is 2.41 bits per heavy atom. The van der Waals surface area contributed by atoms with Gasteiger partial charge < -0.3 is 0 Å². The number of carbonyl (C=O) groups is 1. The quantitative estimate of drug-likeness (QED) is 0.782. The fraction of sp³-hybridized carbons (Fsp3) is 0.0833. The van der Waals surface area contributed by atoms with E-state index in [1.165, 1.54) is 0 Å². The molecule has 0 aliphatic heterocycles. The number of nitrogens with zero attached hydrogens (tertiary/aromatic N) is 2. The number of rotatable bonds is 3. The second kappa shape index (κ2) is 5.07. The van der Waals surface area contributed by atoms with Crippen molar-refractivity contribution >= 4 is 11.9 Å². The first kappa shape index (κ1) is 11.1. The Bertz CT molecular complexity index is 496. The van der Waals surface area contributed by atoms with E-state index in [0.29, 0.717) is 11.5 Å². The van der Waals surface area contributed by atoms with Crippen molar-refractivity contribution < 1.29 is 4.79 Å². The molecule has 5 nitrogen and oxygen atoms in total. The predicted molar refractivity (Wildman–Crippen MR) is 64.3 cm³/mol. The Morgan fingerprint density at radius 1 is 1.12 bits per heavy atom. The van der Waals surface area contributed by atoms with Gasteiger partial charge in [0, 0.05) is 18.0 Å². The summed E-state index contributed by atoms with van der Waals surface area (Å²) in [6.45, 7) is 1.97. The van der Waals surface area contributed by atoms with Gasteiger partial charge in [0.25, 0.3) is 5.91 Å². The maximum atomic E-state index is 11.7. The fourth-order valence-electron chi connectivity index (χ4n) is 1.25. The molecule has 0 aliphatic carbocycles. The van der Waals surface area contributed by atoms with Crippen LogP contribution >= 0.6 is 0 Å². The zero-order valence-corrected chi connectivity index (χ0v) is 9.34. The lowest BCUT2D eigenvalue weighted by molar-refractivity contribution is 0.0962. The molecule has 2 aromatic rings. The van der Waals surface area contributed by atoms with E-state index in [1.807, 2.05) is 19.1 Å². The average molecular weight is 228 g/mol. The highest BCUT2D eigenvalue weighted by atomic mass is 16.2. The van der Waals surface area contributed by atoms with Gasteiger partial charge in [-0.3, -0.25) is 15.6 Å². The minimum absolute atomic E-state index is 0.225. The van der Waals surface area contributed by atoms with Crippen LogP contribution in [0.2, 0.25) is 0 Å². The van der Waals surface area contributed by atoms with Crippen LogP contribution in [-0.2, 0) is 0 Å². The summed E-state index contributed by atoms with van der Waals surface area (Å²) in [5, 5.41) is 0. The smallest absolute Gasteiger partial charge is 0.267 e. The van der Waals surface area contributed by atoms with E-state index in [2.05, 4.69) is 20.8 Å². The zero-order valence-electron chi connectivity index (χ0n) is 9.34. The van der Waals surface area contributed by atoms with E-state index in [9.17, 15) is 4.79 Å². The predicted octanol–water partition coefficient (Wildman–Crippen LogP) is 1.54. The van der Waals surface area contributed by atoms with Crippen LogP contribution in [0.3, 0.4) is 0 Å². The number of nitrogens with one attached hydrogen (secondary N) is 2. The Kier molecular flexibility index (Phi) is 3.30. The Balaban J connectivity index is 1.96. The van der Waals surface area contributed by atoms with Crippen molar-refractivity contribution in [1.29, 1.82) is 0 Å². The highest BCUT2D eigenvalue weighted by Crippen LogP contribution is 2.02. The van der Waals surface area contributed by atoms with Crippen LogP contribution in [0.4, 0.5) is 5.95 Å². The van der Waals surface area contributed by atoms with Gasteiger partial charge in [-0.05, 0) is 25.1 Å². The molecule has 5 heteroatoms. The standard InChI is InChI=1S/C12H12N4O/c1-9-3-5-10(6-4-9)11(17)15-16-12-13-7-2-8-14-12/h2-8H,1H3,(H,15,17)(H,13,14,16). The van der Waals surface area contributed by atoms with Gasteiger partial charge in [0.2, 0.25) is 5.95 Å². The highest BCUT2D eigenvalue weighted by Gasteiger charge is 2.04. The summed E-state index contributed by atoms with van der Waals surface area (Å²) in [5.74, 6) is 0.130. The molecule has 2 rings (SSSR count). The topological polar surface area (TPSA) is 66.9 Å². The maximum Gasteiger partial charge on any atom is 0.269 e. The van der Waals surface area contributed by atoms with E-state index in [0.717, 1.165) is 5.56 Å². The SMILES string of the molecule is Cc1ccc(C(=O)NNc2ncccn2)cc1. The van der Waals surface area contributed by atoms with Crippen molar-refractivity contribution in [3.8, 4) is 0 Å². The molecule has 0 atom stereocenters. The fourth-order valence-corrected chi connectivity index (χ4v) is 1.25. The van der Waals surface area contributed by atoms with Crippen molar-refractivity contribution in [2.45, 2.75) is 6.92 Å². The molecule has 86 valence electrons. The summed E-state index contributed by atoms with van der Waals surface area (Å²) < 4.78 is 0. The zero-order chi connectivity index (χ0) is 12.1. The van der Waals surface area contributed by atoms with E-state index in [1.54, 1.807) is 30.6 Å². The van der Waals surface area contributed by atoms with Crippen LogP contribution in [-0.4, -0.2) is 15.9 Å². The number of hydrogen-bond acceptors (Lipinski definition) is 4. The third kappa shape index (κ3) is 3.01. The molecule has 0 spiro atoms. The van der Waals surface area contributed by atoms with Crippen molar-refractivity contribution in [2.24, 2.45) is 0 Å². The third-order valence-corrected chi connectivity index (χ3v) is 2.17. The Morgan fingerprint density at radius 2 is 1.76 bits per heavy atom. The first-order valence-electron chi connectivity index (χ1n) is 5.16. The van der Waals surface area contributed by atoms with Crippen LogP contribution in [0.5, 0.6) is 0 Å². The maximum absolute atomic E-state index is 11.7. The van der Waals surface area contributed by atoms with Crippen LogP contribution in [0.15, 0.2) is 42.7 Å². The first-order valence-corrected chi connectivity index (χ1v) is 5.16. The van der Waals surface area contributed by atoms with Crippen molar-refractivity contribution in [1.82, 2.24) is 15.4 Å². The molecule has 2 N–H and O–H groups in total. The summed E-state index contributed by atoms with van der Waals surface area (Å²) in [6, 6.07) is 8.99. The summed E-state index contributed by atoms with van der Waals surface area (Å²) in [6.07, 6.45) is 3.18. The largest absolute Gasteiger partial charge is 0.269 e. The molecular formula is C12H12N4O. The van der Waals surface area contributed by atoms with Crippen LogP contribution < -0.4 is 10.9 Å². The van der Waals surface area contributed by atoms with E-state index < -0.39 is 0 Å². The molecule has 0 saturated carbocycles. The minimum atomic E-state index is -0.225.